The van der Waals surface area contributed by atoms with Crippen LogP contribution in [0, 0.1) is 47.8 Å². The third kappa shape index (κ3) is 17.3. The van der Waals surface area contributed by atoms with Crippen molar-refractivity contribution in [1.29, 1.82) is 15.8 Å². The van der Waals surface area contributed by atoms with E-state index in [2.05, 4.69) is 39.9 Å². The predicted molar refractivity (Wildman–Crippen MR) is 279 cm³/mol. The Morgan fingerprint density at radius 1 is 0.795 bits per heavy atom. The van der Waals surface area contributed by atoms with Crippen molar-refractivity contribution in [3.05, 3.63) is 112 Å². The normalized spacial score (nSPS) is 17.0. The molecular formula is C56H70N6O11. The highest BCUT2D eigenvalue weighted by atomic mass is 16.5. The molecule has 0 bridgehead atoms. The van der Waals surface area contributed by atoms with Crippen molar-refractivity contribution >= 4 is 29.1 Å². The Bertz CT molecular complexity index is 2520. The number of fused-ring (bicyclic) bond motifs is 2. The van der Waals surface area contributed by atoms with Gasteiger partial charge in [-0.3, -0.25) is 0 Å². The lowest BCUT2D eigenvalue weighted by atomic mass is 9.88. The van der Waals surface area contributed by atoms with Gasteiger partial charge in [-0.2, -0.15) is 15.8 Å². The fraction of sp³-hybridized carbons (Fsp3) is 0.464. The molecule has 3 aromatic carbocycles. The number of hydrogen-bond donors (Lipinski definition) is 1. The molecule has 1 N–H and O–H groups in total. The lowest BCUT2D eigenvalue weighted by molar-refractivity contribution is -0.139. The first-order chi connectivity index (χ1) is 35.4. The lowest BCUT2D eigenvalue weighted by Gasteiger charge is -2.29. The van der Waals surface area contributed by atoms with Crippen LogP contribution in [-0.2, 0) is 38.0 Å². The molecule has 0 aliphatic carbocycles. The summed E-state index contributed by atoms with van der Waals surface area (Å²) in [6.07, 6.45) is 4.25. The summed E-state index contributed by atoms with van der Waals surface area (Å²) >= 11 is 0. The molecule has 1 atom stereocenters. The number of nitrogens with zero attached hydrogens (tertiary/aromatic N) is 5. The Balaban J connectivity index is 1.51. The molecule has 17 nitrogen and oxygen atoms in total. The van der Waals surface area contributed by atoms with E-state index in [0.29, 0.717) is 123 Å². The molecule has 2 aliphatic rings. The number of benzene rings is 3. The molecule has 5 rings (SSSR count). The first-order valence-corrected chi connectivity index (χ1v) is 24.5. The number of hydrogen-bond acceptors (Lipinski definition) is 17. The van der Waals surface area contributed by atoms with E-state index in [1.807, 2.05) is 74.5 Å². The molecule has 1 unspecified atom stereocenters. The Labute approximate surface area is 430 Å². The number of esters is 1. The van der Waals surface area contributed by atoms with E-state index < -0.39 is 11.6 Å². The molecule has 17 heteroatoms. The Hall–Kier alpha value is -7.04. The fourth-order valence-electron chi connectivity index (χ4n) is 8.00. The molecule has 73 heavy (non-hydrogen) atoms. The summed E-state index contributed by atoms with van der Waals surface area (Å²) in [5.74, 6) is 1.40. The van der Waals surface area contributed by atoms with Crippen molar-refractivity contribution in [2.24, 2.45) is 0 Å². The standard InChI is InChI=1S/C56H70N6O11/c1-41(2)55(63)72-23-8-17-56(5)47(46(40-59)54(73-56)45(38-57)39-58)13-11-44-12-16-50(53(37-44)71-34-30-65-7)62-21-27-69-51-35-42(3)9-14-48(51)60-18-24-66-32-33-68-26-20-61(19-25-67-31-29-64-6)49-15-10-43(4)36-52(49)70-28-22-62/h9-16,35-37,60H,1,8,17-34H2,2-7H3. The topological polar surface area (TPSA) is 199 Å². The zero-order valence-electron chi connectivity index (χ0n) is 43.2. The van der Waals surface area contributed by atoms with Gasteiger partial charge in [0.1, 0.15) is 66.5 Å². The smallest absolute Gasteiger partial charge is 0.333 e. The molecule has 0 saturated heterocycles. The fourth-order valence-corrected chi connectivity index (χ4v) is 8.00. The van der Waals surface area contributed by atoms with Crippen LogP contribution in [0.25, 0.3) is 6.08 Å². The van der Waals surface area contributed by atoms with Gasteiger partial charge in [-0.15, -0.1) is 0 Å². The highest BCUT2D eigenvalue weighted by molar-refractivity contribution is 5.86. The molecule has 0 saturated carbocycles. The molecule has 2 aliphatic heterocycles. The summed E-state index contributed by atoms with van der Waals surface area (Å²) in [6, 6.07) is 24.0. The van der Waals surface area contributed by atoms with Crippen LogP contribution in [-0.4, -0.2) is 138 Å². The van der Waals surface area contributed by atoms with Crippen LogP contribution in [0.15, 0.2) is 95.3 Å². The number of aryl methyl sites for hydroxylation is 2. The monoisotopic (exact) mass is 1000 g/mol. The van der Waals surface area contributed by atoms with Crippen LogP contribution in [0.3, 0.4) is 0 Å². The molecule has 2 heterocycles. The third-order valence-electron chi connectivity index (χ3n) is 11.9. The van der Waals surface area contributed by atoms with Gasteiger partial charge in [-0.25, -0.2) is 4.79 Å². The van der Waals surface area contributed by atoms with Crippen molar-refractivity contribution in [1.82, 2.24) is 0 Å². The number of methoxy groups -OCH3 is 2. The Kier molecular flexibility index (Phi) is 23.4. The Morgan fingerprint density at radius 2 is 1.48 bits per heavy atom. The zero-order chi connectivity index (χ0) is 52.4. The van der Waals surface area contributed by atoms with Crippen molar-refractivity contribution in [2.45, 2.75) is 46.1 Å². The highest BCUT2D eigenvalue weighted by Gasteiger charge is 2.42. The number of ether oxygens (including phenoxy) is 10. The maximum atomic E-state index is 12.1. The van der Waals surface area contributed by atoms with Crippen molar-refractivity contribution < 1.29 is 52.2 Å². The SMILES string of the molecule is C=C(C)C(=O)OCCCC1(C)OC(=C(C#N)C#N)C(C#N)=C1C=Cc1ccc(N2CCOc3cc(C)ccc3NCCOCCOCCN(CCOCCOC)c3ccc(C)cc3OCC2)c(OCCOC)c1. The summed E-state index contributed by atoms with van der Waals surface area (Å²) in [7, 11) is 3.26. The van der Waals surface area contributed by atoms with Crippen LogP contribution in [0.5, 0.6) is 17.2 Å². The molecule has 0 aromatic heterocycles. The number of carbonyl (C=O) groups is 1. The first kappa shape index (κ1) is 56.9. The molecule has 390 valence electrons. The van der Waals surface area contributed by atoms with E-state index in [1.165, 1.54) is 0 Å². The average Bonchev–Trinajstić information content (AvgIpc) is 3.66. The van der Waals surface area contributed by atoms with E-state index in [1.54, 1.807) is 34.1 Å². The second-order valence-corrected chi connectivity index (χ2v) is 17.5. The van der Waals surface area contributed by atoms with Crippen LogP contribution in [0.2, 0.25) is 0 Å². The molecular weight excluding hydrogens is 933 g/mol. The van der Waals surface area contributed by atoms with Crippen LogP contribution in [0.1, 0.15) is 43.4 Å². The molecule has 0 radical (unpaired) electrons. The van der Waals surface area contributed by atoms with Gasteiger partial charge < -0.3 is 62.5 Å². The predicted octanol–water partition coefficient (Wildman–Crippen LogP) is 8.04. The maximum Gasteiger partial charge on any atom is 0.333 e. The number of nitrogens with one attached hydrogen (secondary N) is 1. The van der Waals surface area contributed by atoms with Gasteiger partial charge in [0.2, 0.25) is 0 Å². The zero-order valence-corrected chi connectivity index (χ0v) is 43.2. The summed E-state index contributed by atoms with van der Waals surface area (Å²) in [5, 5.41) is 33.5. The van der Waals surface area contributed by atoms with E-state index in [-0.39, 0.29) is 35.7 Å². The van der Waals surface area contributed by atoms with Crippen molar-refractivity contribution in [3.63, 3.8) is 0 Å². The molecule has 0 amide bonds. The van der Waals surface area contributed by atoms with Crippen LogP contribution < -0.4 is 29.3 Å². The summed E-state index contributed by atoms with van der Waals surface area (Å²) in [5.41, 5.74) is 4.73. The van der Waals surface area contributed by atoms with Gasteiger partial charge in [0.05, 0.1) is 89.6 Å². The van der Waals surface area contributed by atoms with Gasteiger partial charge >= 0.3 is 5.97 Å². The van der Waals surface area contributed by atoms with Gasteiger partial charge in [0.25, 0.3) is 0 Å². The van der Waals surface area contributed by atoms with Gasteiger partial charge in [-0.05, 0) is 93.6 Å². The average molecular weight is 1000 g/mol. The molecule has 0 spiro atoms. The minimum absolute atomic E-state index is 0.0674. The number of carbonyl (C=O) groups excluding carboxylic acids is 1. The first-order valence-electron chi connectivity index (χ1n) is 24.5. The van der Waals surface area contributed by atoms with Crippen LogP contribution >= 0.6 is 0 Å². The highest BCUT2D eigenvalue weighted by Crippen LogP contribution is 2.44. The summed E-state index contributed by atoms with van der Waals surface area (Å²) in [4.78, 5) is 16.5. The van der Waals surface area contributed by atoms with E-state index in [0.717, 1.165) is 45.3 Å². The summed E-state index contributed by atoms with van der Waals surface area (Å²) < 4.78 is 59.8. The van der Waals surface area contributed by atoms with Gasteiger partial charge in [-0.1, -0.05) is 36.9 Å². The minimum Gasteiger partial charge on any atom is -0.490 e. The van der Waals surface area contributed by atoms with Crippen molar-refractivity contribution in [3.8, 4) is 35.5 Å². The van der Waals surface area contributed by atoms with Gasteiger partial charge in [0, 0.05) is 45.0 Å². The number of nitriles is 3. The Morgan fingerprint density at radius 3 is 2.19 bits per heavy atom. The van der Waals surface area contributed by atoms with E-state index in [4.69, 9.17) is 47.4 Å². The maximum absolute atomic E-state index is 12.1. The number of anilines is 3. The third-order valence-corrected chi connectivity index (χ3v) is 11.9. The lowest BCUT2D eigenvalue weighted by Crippen LogP contribution is -2.34. The van der Waals surface area contributed by atoms with Crippen molar-refractivity contribution in [2.75, 3.05) is 141 Å². The largest absolute Gasteiger partial charge is 0.490 e. The molecule has 3 aromatic rings. The quantitative estimate of drug-likeness (QED) is 0.0555. The molecule has 0 fully saturated rings. The number of allylic oxidation sites excluding steroid dienone is 2. The van der Waals surface area contributed by atoms with E-state index >= 15 is 0 Å². The van der Waals surface area contributed by atoms with E-state index in [9.17, 15) is 20.6 Å². The number of rotatable bonds is 18. The van der Waals surface area contributed by atoms with Gasteiger partial charge in [0.15, 0.2) is 11.3 Å². The second-order valence-electron chi connectivity index (χ2n) is 17.5. The van der Waals surface area contributed by atoms with Crippen LogP contribution in [0.4, 0.5) is 17.1 Å². The second kappa shape index (κ2) is 30.1. The summed E-state index contributed by atoms with van der Waals surface area (Å²) in [6.45, 7) is 18.4. The minimum atomic E-state index is -1.14.